The van der Waals surface area contributed by atoms with Crippen LogP contribution in [-0.4, -0.2) is 33.4 Å². The number of aromatic nitrogens is 3. The lowest BCUT2D eigenvalue weighted by Crippen LogP contribution is -2.40. The molecule has 0 bridgehead atoms. The minimum absolute atomic E-state index is 0.248. The molecule has 1 atom stereocenters. The van der Waals surface area contributed by atoms with Gasteiger partial charge in [-0.2, -0.15) is 0 Å². The van der Waals surface area contributed by atoms with Crippen LogP contribution in [0.5, 0.6) is 0 Å². The average Bonchev–Trinajstić information content (AvgIpc) is 2.74. The van der Waals surface area contributed by atoms with E-state index in [0.717, 1.165) is 36.7 Å². The molecular weight excluding hydrogens is 338 g/mol. The molecule has 3 heterocycles. The topological polar surface area (TPSA) is 71.0 Å². The summed E-state index contributed by atoms with van der Waals surface area (Å²) in [5, 5.41) is 3.93. The van der Waals surface area contributed by atoms with Gasteiger partial charge in [-0.15, -0.1) is 0 Å². The van der Waals surface area contributed by atoms with Gasteiger partial charge < -0.3 is 10.2 Å². The SMILES string of the molecule is CCC1CCCCN1c1nccc(C(=O)Nc2cccc3cccnc23)n1. The molecule has 4 rings (SSSR count). The molecule has 1 fully saturated rings. The van der Waals surface area contributed by atoms with Crippen molar-refractivity contribution >= 4 is 28.4 Å². The first-order chi connectivity index (χ1) is 13.3. The van der Waals surface area contributed by atoms with Gasteiger partial charge in [0.1, 0.15) is 5.69 Å². The highest BCUT2D eigenvalue weighted by molar-refractivity contribution is 6.07. The third-order valence-corrected chi connectivity index (χ3v) is 5.11. The second-order valence-corrected chi connectivity index (χ2v) is 6.83. The van der Waals surface area contributed by atoms with Gasteiger partial charge in [0.25, 0.3) is 5.91 Å². The van der Waals surface area contributed by atoms with E-state index in [1.807, 2.05) is 30.3 Å². The summed E-state index contributed by atoms with van der Waals surface area (Å²) in [5.41, 5.74) is 1.82. The molecule has 0 spiro atoms. The molecule has 0 radical (unpaired) electrons. The molecule has 6 heteroatoms. The zero-order valence-electron chi connectivity index (χ0n) is 15.4. The predicted molar refractivity (Wildman–Crippen MR) is 107 cm³/mol. The van der Waals surface area contributed by atoms with Gasteiger partial charge in [0.2, 0.25) is 5.95 Å². The van der Waals surface area contributed by atoms with E-state index >= 15 is 0 Å². The van der Waals surface area contributed by atoms with Gasteiger partial charge in [0.05, 0.1) is 11.2 Å². The summed E-state index contributed by atoms with van der Waals surface area (Å²) in [6, 6.07) is 11.7. The van der Waals surface area contributed by atoms with Crippen molar-refractivity contribution in [2.24, 2.45) is 0 Å². The fraction of sp³-hybridized carbons (Fsp3) is 0.333. The molecular formula is C21H23N5O. The van der Waals surface area contributed by atoms with Gasteiger partial charge in [-0.1, -0.05) is 25.1 Å². The summed E-state index contributed by atoms with van der Waals surface area (Å²) in [4.78, 5) is 28.4. The van der Waals surface area contributed by atoms with Crippen LogP contribution in [0.25, 0.3) is 10.9 Å². The fourth-order valence-corrected chi connectivity index (χ4v) is 3.69. The first kappa shape index (κ1) is 17.4. The number of rotatable bonds is 4. The molecule has 1 unspecified atom stereocenters. The number of nitrogens with one attached hydrogen (secondary N) is 1. The van der Waals surface area contributed by atoms with Crippen molar-refractivity contribution < 1.29 is 4.79 Å². The maximum Gasteiger partial charge on any atom is 0.274 e. The van der Waals surface area contributed by atoms with Gasteiger partial charge in [-0.05, 0) is 43.9 Å². The Bertz CT molecular complexity index is 953. The Morgan fingerprint density at radius 1 is 1.15 bits per heavy atom. The molecule has 1 N–H and O–H groups in total. The van der Waals surface area contributed by atoms with E-state index in [4.69, 9.17) is 0 Å². The van der Waals surface area contributed by atoms with E-state index in [0.29, 0.717) is 23.4 Å². The smallest absolute Gasteiger partial charge is 0.274 e. The first-order valence-electron chi connectivity index (χ1n) is 9.51. The van der Waals surface area contributed by atoms with Crippen molar-refractivity contribution in [1.29, 1.82) is 0 Å². The van der Waals surface area contributed by atoms with E-state index in [1.54, 1.807) is 18.5 Å². The Morgan fingerprint density at radius 3 is 2.93 bits per heavy atom. The average molecular weight is 361 g/mol. The summed E-state index contributed by atoms with van der Waals surface area (Å²) < 4.78 is 0. The number of nitrogens with zero attached hydrogens (tertiary/aromatic N) is 4. The monoisotopic (exact) mass is 361 g/mol. The predicted octanol–water partition coefficient (Wildman–Crippen LogP) is 4.05. The Morgan fingerprint density at radius 2 is 2.04 bits per heavy atom. The van der Waals surface area contributed by atoms with Crippen LogP contribution in [0.4, 0.5) is 11.6 Å². The largest absolute Gasteiger partial charge is 0.338 e. The Labute approximate surface area is 158 Å². The summed E-state index contributed by atoms with van der Waals surface area (Å²) in [6.07, 6.45) is 7.97. The number of amides is 1. The summed E-state index contributed by atoms with van der Waals surface area (Å²) in [6.45, 7) is 3.13. The maximum absolute atomic E-state index is 12.8. The van der Waals surface area contributed by atoms with Crippen LogP contribution < -0.4 is 10.2 Å². The lowest BCUT2D eigenvalue weighted by atomic mass is 10.0. The molecule has 138 valence electrons. The number of pyridine rings is 1. The van der Waals surface area contributed by atoms with Crippen molar-refractivity contribution in [1.82, 2.24) is 15.0 Å². The fourth-order valence-electron chi connectivity index (χ4n) is 3.69. The quantitative estimate of drug-likeness (QED) is 0.759. The highest BCUT2D eigenvalue weighted by atomic mass is 16.1. The zero-order valence-corrected chi connectivity index (χ0v) is 15.4. The van der Waals surface area contributed by atoms with Gasteiger partial charge >= 0.3 is 0 Å². The van der Waals surface area contributed by atoms with Gasteiger partial charge in [0.15, 0.2) is 0 Å². The minimum Gasteiger partial charge on any atom is -0.338 e. The van der Waals surface area contributed by atoms with Gasteiger partial charge in [0, 0.05) is 30.4 Å². The van der Waals surface area contributed by atoms with Crippen LogP contribution in [-0.2, 0) is 0 Å². The van der Waals surface area contributed by atoms with E-state index in [1.165, 1.54) is 6.42 Å². The highest BCUT2D eigenvalue weighted by Crippen LogP contribution is 2.24. The number of para-hydroxylation sites is 1. The summed E-state index contributed by atoms with van der Waals surface area (Å²) in [5.74, 6) is 0.395. The molecule has 1 aliphatic rings. The van der Waals surface area contributed by atoms with Crippen molar-refractivity contribution in [3.05, 3.63) is 54.5 Å². The second-order valence-electron chi connectivity index (χ2n) is 6.83. The van der Waals surface area contributed by atoms with Crippen LogP contribution in [0.1, 0.15) is 43.1 Å². The van der Waals surface area contributed by atoms with E-state index in [-0.39, 0.29) is 5.91 Å². The van der Waals surface area contributed by atoms with Crippen molar-refractivity contribution in [2.75, 3.05) is 16.8 Å². The van der Waals surface area contributed by atoms with Crippen LogP contribution >= 0.6 is 0 Å². The van der Waals surface area contributed by atoms with E-state index < -0.39 is 0 Å². The third kappa shape index (κ3) is 3.60. The van der Waals surface area contributed by atoms with E-state index in [2.05, 4.69) is 32.1 Å². The number of hydrogen-bond donors (Lipinski definition) is 1. The van der Waals surface area contributed by atoms with Crippen molar-refractivity contribution in [2.45, 2.75) is 38.6 Å². The molecule has 1 aliphatic heterocycles. The summed E-state index contributed by atoms with van der Waals surface area (Å²) >= 11 is 0. The third-order valence-electron chi connectivity index (χ3n) is 5.11. The summed E-state index contributed by atoms with van der Waals surface area (Å²) in [7, 11) is 0. The zero-order chi connectivity index (χ0) is 18.6. The number of carbonyl (C=O) groups excluding carboxylic acids is 1. The van der Waals surface area contributed by atoms with Crippen molar-refractivity contribution in [3.8, 4) is 0 Å². The van der Waals surface area contributed by atoms with Crippen LogP contribution in [0, 0.1) is 0 Å². The molecule has 27 heavy (non-hydrogen) atoms. The lowest BCUT2D eigenvalue weighted by molar-refractivity contribution is 0.102. The standard InChI is InChI=1S/C21H23N5O/c1-2-16-9-3-4-14-26(16)21-23-13-11-18(25-21)20(27)24-17-10-5-7-15-8-6-12-22-19(15)17/h5-8,10-13,16H,2-4,9,14H2,1H3,(H,24,27). The van der Waals surface area contributed by atoms with Crippen LogP contribution in [0.15, 0.2) is 48.8 Å². The molecule has 1 aromatic carbocycles. The van der Waals surface area contributed by atoms with Crippen LogP contribution in [0.2, 0.25) is 0 Å². The molecule has 6 nitrogen and oxygen atoms in total. The lowest BCUT2D eigenvalue weighted by Gasteiger charge is -2.35. The molecule has 3 aromatic rings. The Hall–Kier alpha value is -3.02. The minimum atomic E-state index is -0.248. The van der Waals surface area contributed by atoms with Gasteiger partial charge in [-0.25, -0.2) is 9.97 Å². The molecule has 0 aliphatic carbocycles. The Kier molecular flexibility index (Phi) is 4.96. The van der Waals surface area contributed by atoms with Crippen LogP contribution in [0.3, 0.4) is 0 Å². The number of benzene rings is 1. The molecule has 1 saturated heterocycles. The Balaban J connectivity index is 1.59. The number of anilines is 2. The number of piperidine rings is 1. The molecule has 2 aromatic heterocycles. The first-order valence-corrected chi connectivity index (χ1v) is 9.51. The van der Waals surface area contributed by atoms with Gasteiger partial charge in [-0.3, -0.25) is 9.78 Å². The number of carbonyl (C=O) groups is 1. The normalized spacial score (nSPS) is 17.1. The maximum atomic E-state index is 12.8. The second kappa shape index (κ2) is 7.70. The van der Waals surface area contributed by atoms with E-state index in [9.17, 15) is 4.79 Å². The highest BCUT2D eigenvalue weighted by Gasteiger charge is 2.24. The number of fused-ring (bicyclic) bond motifs is 1. The molecule has 0 saturated carbocycles. The van der Waals surface area contributed by atoms with Crippen molar-refractivity contribution in [3.63, 3.8) is 0 Å². The molecule has 1 amide bonds. The number of hydrogen-bond acceptors (Lipinski definition) is 5.